The first-order valence-corrected chi connectivity index (χ1v) is 7.97. The Kier molecular flexibility index (Phi) is 6.28. The number of carbonyl (C=O) groups is 2. The molecular weight excluding hydrogens is 318 g/mol. The second kappa shape index (κ2) is 8.63. The Morgan fingerprint density at radius 2 is 1.80 bits per heavy atom. The number of hydrazone groups is 1. The first kappa shape index (κ1) is 18.2. The van der Waals surface area contributed by atoms with Crippen LogP contribution in [0.25, 0.3) is 0 Å². The molecular formula is C19H21N3O3. The van der Waals surface area contributed by atoms with Gasteiger partial charge in [-0.25, -0.2) is 5.43 Å². The topological polar surface area (TPSA) is 90.8 Å². The van der Waals surface area contributed by atoms with Gasteiger partial charge in [-0.1, -0.05) is 26.0 Å². The van der Waals surface area contributed by atoms with Crippen LogP contribution in [-0.4, -0.2) is 23.1 Å². The Balaban J connectivity index is 1.92. The van der Waals surface area contributed by atoms with Crippen LogP contribution in [0.15, 0.2) is 53.6 Å². The van der Waals surface area contributed by atoms with Gasteiger partial charge < -0.3 is 10.4 Å². The van der Waals surface area contributed by atoms with Gasteiger partial charge in [0.15, 0.2) is 0 Å². The highest BCUT2D eigenvalue weighted by atomic mass is 16.3. The van der Waals surface area contributed by atoms with Gasteiger partial charge in [0.25, 0.3) is 5.91 Å². The zero-order valence-electron chi connectivity index (χ0n) is 14.2. The zero-order chi connectivity index (χ0) is 18.2. The molecule has 2 amide bonds. The van der Waals surface area contributed by atoms with Crippen LogP contribution in [0.2, 0.25) is 0 Å². The highest BCUT2D eigenvalue weighted by molar-refractivity contribution is 5.96. The third-order valence-corrected chi connectivity index (χ3v) is 3.33. The number of hydrogen-bond donors (Lipinski definition) is 3. The molecule has 2 rings (SSSR count). The summed E-state index contributed by atoms with van der Waals surface area (Å²) in [5.41, 5.74) is 3.95. The van der Waals surface area contributed by atoms with E-state index in [0.717, 1.165) is 0 Å². The highest BCUT2D eigenvalue weighted by Gasteiger charge is 2.07. The maximum absolute atomic E-state index is 12.0. The zero-order valence-corrected chi connectivity index (χ0v) is 14.2. The van der Waals surface area contributed by atoms with Crippen molar-refractivity contribution >= 4 is 23.7 Å². The van der Waals surface area contributed by atoms with E-state index >= 15 is 0 Å². The number of phenols is 1. The molecule has 0 spiro atoms. The minimum atomic E-state index is -0.383. The highest BCUT2D eigenvalue weighted by Crippen LogP contribution is 2.13. The van der Waals surface area contributed by atoms with Crippen molar-refractivity contribution in [1.82, 2.24) is 5.43 Å². The van der Waals surface area contributed by atoms with Gasteiger partial charge >= 0.3 is 0 Å². The van der Waals surface area contributed by atoms with Crippen molar-refractivity contribution in [3.63, 3.8) is 0 Å². The second-order valence-corrected chi connectivity index (χ2v) is 5.98. The molecule has 2 aromatic carbocycles. The van der Waals surface area contributed by atoms with E-state index in [2.05, 4.69) is 15.8 Å². The fraction of sp³-hybridized carbons (Fsp3) is 0.211. The van der Waals surface area contributed by atoms with Crippen molar-refractivity contribution in [1.29, 1.82) is 0 Å². The number of hydrogen-bond acceptors (Lipinski definition) is 4. The van der Waals surface area contributed by atoms with Gasteiger partial charge in [-0.3, -0.25) is 9.59 Å². The standard InChI is InChI=1S/C19H21N3O3/c1-13(2)11-18(24)21-16-9-7-14(8-10-16)19(25)22-20-12-15-5-3-4-6-17(15)23/h3-10,12-13,23H,11H2,1-2H3,(H,21,24)(H,22,25). The van der Waals surface area contributed by atoms with Crippen LogP contribution >= 0.6 is 0 Å². The number of rotatable bonds is 6. The summed E-state index contributed by atoms with van der Waals surface area (Å²) in [7, 11) is 0. The van der Waals surface area contributed by atoms with Crippen LogP contribution in [0.1, 0.15) is 36.2 Å². The van der Waals surface area contributed by atoms with Crippen LogP contribution in [0.3, 0.4) is 0 Å². The quantitative estimate of drug-likeness (QED) is 0.558. The molecule has 0 fully saturated rings. The summed E-state index contributed by atoms with van der Waals surface area (Å²) in [6, 6.07) is 13.2. The summed E-state index contributed by atoms with van der Waals surface area (Å²) in [6.07, 6.45) is 1.82. The normalized spacial score (nSPS) is 10.8. The molecule has 0 aliphatic rings. The first-order valence-electron chi connectivity index (χ1n) is 7.97. The summed E-state index contributed by atoms with van der Waals surface area (Å²) in [5.74, 6) is -0.0693. The second-order valence-electron chi connectivity index (χ2n) is 5.98. The molecule has 0 saturated heterocycles. The molecule has 2 aromatic rings. The summed E-state index contributed by atoms with van der Waals surface area (Å²) < 4.78 is 0. The van der Waals surface area contributed by atoms with E-state index in [1.165, 1.54) is 12.3 Å². The summed E-state index contributed by atoms with van der Waals surface area (Å²) in [6.45, 7) is 3.95. The minimum Gasteiger partial charge on any atom is -0.507 e. The van der Waals surface area contributed by atoms with E-state index in [1.54, 1.807) is 42.5 Å². The van der Waals surface area contributed by atoms with E-state index in [9.17, 15) is 14.7 Å². The van der Waals surface area contributed by atoms with E-state index in [1.807, 2.05) is 13.8 Å². The molecule has 0 atom stereocenters. The van der Waals surface area contributed by atoms with Crippen LogP contribution in [0.4, 0.5) is 5.69 Å². The van der Waals surface area contributed by atoms with Gasteiger partial charge in [-0.15, -0.1) is 0 Å². The monoisotopic (exact) mass is 339 g/mol. The van der Waals surface area contributed by atoms with Crippen LogP contribution in [0.5, 0.6) is 5.75 Å². The number of nitrogens with one attached hydrogen (secondary N) is 2. The van der Waals surface area contributed by atoms with Gasteiger partial charge in [-0.05, 0) is 42.3 Å². The molecule has 0 unspecified atom stereocenters. The lowest BCUT2D eigenvalue weighted by molar-refractivity contribution is -0.116. The van der Waals surface area contributed by atoms with Crippen molar-refractivity contribution in [3.05, 3.63) is 59.7 Å². The number of aromatic hydroxyl groups is 1. The molecule has 6 heteroatoms. The summed E-state index contributed by atoms with van der Waals surface area (Å²) in [5, 5.41) is 16.2. The first-order chi connectivity index (χ1) is 12.0. The molecule has 6 nitrogen and oxygen atoms in total. The van der Waals surface area contributed by atoms with E-state index < -0.39 is 0 Å². The SMILES string of the molecule is CC(C)CC(=O)Nc1ccc(C(=O)NN=Cc2ccccc2O)cc1. The van der Waals surface area contributed by atoms with Gasteiger partial charge in [-0.2, -0.15) is 5.10 Å². The molecule has 0 heterocycles. The van der Waals surface area contributed by atoms with Crippen LogP contribution in [-0.2, 0) is 4.79 Å². The number of phenolic OH excluding ortho intramolecular Hbond substituents is 1. The molecule has 3 N–H and O–H groups in total. The third-order valence-electron chi connectivity index (χ3n) is 3.33. The van der Waals surface area contributed by atoms with E-state index in [0.29, 0.717) is 23.2 Å². The summed E-state index contributed by atoms with van der Waals surface area (Å²) in [4.78, 5) is 23.7. The summed E-state index contributed by atoms with van der Waals surface area (Å²) >= 11 is 0. The fourth-order valence-electron chi connectivity index (χ4n) is 2.11. The van der Waals surface area contributed by atoms with E-state index in [-0.39, 0.29) is 23.5 Å². The number of nitrogens with zero attached hydrogens (tertiary/aromatic N) is 1. The largest absolute Gasteiger partial charge is 0.507 e. The van der Waals surface area contributed by atoms with Crippen molar-refractivity contribution in [3.8, 4) is 5.75 Å². The van der Waals surface area contributed by atoms with Crippen molar-refractivity contribution in [2.24, 2.45) is 11.0 Å². The van der Waals surface area contributed by atoms with E-state index in [4.69, 9.17) is 0 Å². The third kappa shape index (κ3) is 5.76. The fourth-order valence-corrected chi connectivity index (χ4v) is 2.11. The Morgan fingerprint density at radius 3 is 2.44 bits per heavy atom. The molecule has 0 aliphatic heterocycles. The lowest BCUT2D eigenvalue weighted by atomic mass is 10.1. The van der Waals surface area contributed by atoms with Crippen molar-refractivity contribution in [2.75, 3.05) is 5.32 Å². The van der Waals surface area contributed by atoms with Crippen LogP contribution < -0.4 is 10.7 Å². The predicted octanol–water partition coefficient (Wildman–Crippen LogP) is 3.14. The van der Waals surface area contributed by atoms with Crippen LogP contribution in [0, 0.1) is 5.92 Å². The number of para-hydroxylation sites is 1. The van der Waals surface area contributed by atoms with Crippen molar-refractivity contribution in [2.45, 2.75) is 20.3 Å². The Labute approximate surface area is 146 Å². The Hall–Kier alpha value is -3.15. The Bertz CT molecular complexity index is 768. The molecule has 0 radical (unpaired) electrons. The Morgan fingerprint density at radius 1 is 1.12 bits per heavy atom. The smallest absolute Gasteiger partial charge is 0.271 e. The molecule has 0 bridgehead atoms. The average Bonchev–Trinajstić information content (AvgIpc) is 2.56. The maximum atomic E-state index is 12.0. The van der Waals surface area contributed by atoms with Gasteiger partial charge in [0.05, 0.1) is 6.21 Å². The molecule has 25 heavy (non-hydrogen) atoms. The minimum absolute atomic E-state index is 0.0560. The number of carbonyl (C=O) groups excluding carboxylic acids is 2. The number of anilines is 1. The van der Waals surface area contributed by atoms with Crippen molar-refractivity contribution < 1.29 is 14.7 Å². The lowest BCUT2D eigenvalue weighted by Crippen LogP contribution is -2.18. The number of benzene rings is 2. The molecule has 0 aliphatic carbocycles. The average molecular weight is 339 g/mol. The molecule has 0 aromatic heterocycles. The van der Waals surface area contributed by atoms with Gasteiger partial charge in [0.1, 0.15) is 5.75 Å². The van der Waals surface area contributed by atoms with Gasteiger partial charge in [0, 0.05) is 23.2 Å². The maximum Gasteiger partial charge on any atom is 0.271 e. The van der Waals surface area contributed by atoms with Gasteiger partial charge in [0.2, 0.25) is 5.91 Å². The molecule has 0 saturated carbocycles. The molecule has 130 valence electrons. The lowest BCUT2D eigenvalue weighted by Gasteiger charge is -2.07. The predicted molar refractivity (Wildman–Crippen MR) is 97.7 cm³/mol. The number of amides is 2.